The van der Waals surface area contributed by atoms with Crippen LogP contribution in [0.5, 0.6) is 0 Å². The molecule has 108 valence electrons. The molecule has 21 heavy (non-hydrogen) atoms. The maximum absolute atomic E-state index is 11.8. The van der Waals surface area contributed by atoms with Crippen LogP contribution in [0.4, 0.5) is 0 Å². The van der Waals surface area contributed by atoms with E-state index in [-0.39, 0.29) is 11.2 Å². The number of ketones is 1. The van der Waals surface area contributed by atoms with Gasteiger partial charge in [0.15, 0.2) is 5.78 Å². The molecule has 0 amide bonds. The van der Waals surface area contributed by atoms with Crippen molar-refractivity contribution in [1.29, 1.82) is 0 Å². The third-order valence-electron chi connectivity index (χ3n) is 5.21. The lowest BCUT2D eigenvalue weighted by Crippen LogP contribution is -2.33. The number of hydrogen-bond donors (Lipinski definition) is 1. The summed E-state index contributed by atoms with van der Waals surface area (Å²) in [5, 5.41) is 1.30. The van der Waals surface area contributed by atoms with Gasteiger partial charge in [-0.15, -0.1) is 11.3 Å². The van der Waals surface area contributed by atoms with Crippen LogP contribution in [0.15, 0.2) is 36.4 Å². The summed E-state index contributed by atoms with van der Waals surface area (Å²) in [6, 6.07) is 8.53. The van der Waals surface area contributed by atoms with E-state index in [1.807, 2.05) is 17.4 Å². The minimum atomic E-state index is 0.0618. The molecule has 1 saturated carbocycles. The quantitative estimate of drug-likeness (QED) is 0.912. The summed E-state index contributed by atoms with van der Waals surface area (Å²) in [5.41, 5.74) is 7.45. The van der Waals surface area contributed by atoms with E-state index in [2.05, 4.69) is 30.3 Å². The minimum absolute atomic E-state index is 0.0618. The molecule has 0 radical (unpaired) electrons. The molecule has 2 aliphatic rings. The van der Waals surface area contributed by atoms with Gasteiger partial charge in [0, 0.05) is 28.0 Å². The smallest absolute Gasteiger partial charge is 0.155 e. The molecule has 1 fully saturated rings. The Kier molecular flexibility index (Phi) is 3.02. The van der Waals surface area contributed by atoms with Gasteiger partial charge in [-0.1, -0.05) is 30.7 Å². The van der Waals surface area contributed by atoms with Crippen molar-refractivity contribution < 1.29 is 4.79 Å². The lowest BCUT2D eigenvalue weighted by Gasteiger charge is -2.35. The second-order valence-corrected chi connectivity index (χ2v) is 7.30. The SMILES string of the molecule is NCc1c([C@@]23C=CC(=O)C[C@@H]2CCC3)sc2ccccc12. The van der Waals surface area contributed by atoms with Gasteiger partial charge in [0.1, 0.15) is 0 Å². The average Bonchev–Trinajstić information content (AvgIpc) is 3.08. The van der Waals surface area contributed by atoms with Crippen LogP contribution in [0.1, 0.15) is 36.1 Å². The van der Waals surface area contributed by atoms with Gasteiger partial charge in [0.25, 0.3) is 0 Å². The first-order valence-electron chi connectivity index (χ1n) is 7.67. The number of rotatable bonds is 2. The van der Waals surface area contributed by atoms with E-state index in [4.69, 9.17) is 5.73 Å². The van der Waals surface area contributed by atoms with E-state index >= 15 is 0 Å². The molecule has 0 unspecified atom stereocenters. The molecule has 2 nitrogen and oxygen atoms in total. The van der Waals surface area contributed by atoms with Crippen molar-refractivity contribution >= 4 is 27.2 Å². The molecule has 2 aliphatic carbocycles. The molecule has 1 heterocycles. The third-order valence-corrected chi connectivity index (χ3v) is 6.62. The van der Waals surface area contributed by atoms with E-state index in [1.54, 1.807) is 0 Å². The van der Waals surface area contributed by atoms with Gasteiger partial charge in [0.2, 0.25) is 0 Å². The molecule has 0 bridgehead atoms. The zero-order chi connectivity index (χ0) is 14.4. The molecule has 0 spiro atoms. The summed E-state index contributed by atoms with van der Waals surface area (Å²) >= 11 is 1.88. The van der Waals surface area contributed by atoms with Gasteiger partial charge in [0.05, 0.1) is 0 Å². The van der Waals surface area contributed by atoms with E-state index < -0.39 is 0 Å². The van der Waals surface area contributed by atoms with Gasteiger partial charge >= 0.3 is 0 Å². The highest BCUT2D eigenvalue weighted by atomic mass is 32.1. The maximum atomic E-state index is 11.8. The Morgan fingerprint density at radius 2 is 2.19 bits per heavy atom. The third kappa shape index (κ3) is 1.84. The molecule has 1 aromatic heterocycles. The number of benzene rings is 1. The van der Waals surface area contributed by atoms with Crippen LogP contribution in [-0.4, -0.2) is 5.78 Å². The van der Waals surface area contributed by atoms with Crippen molar-refractivity contribution in [3.05, 3.63) is 46.9 Å². The largest absolute Gasteiger partial charge is 0.326 e. The van der Waals surface area contributed by atoms with Crippen LogP contribution >= 0.6 is 11.3 Å². The number of hydrogen-bond acceptors (Lipinski definition) is 3. The summed E-state index contributed by atoms with van der Waals surface area (Å²) < 4.78 is 1.32. The second kappa shape index (κ2) is 4.79. The maximum Gasteiger partial charge on any atom is 0.155 e. The number of carbonyl (C=O) groups excluding carboxylic acids is 1. The lowest BCUT2D eigenvalue weighted by atomic mass is 9.70. The normalized spacial score (nSPS) is 28.2. The summed E-state index contributed by atoms with van der Waals surface area (Å²) in [6.07, 6.45) is 8.23. The summed E-state index contributed by atoms with van der Waals surface area (Å²) in [4.78, 5) is 13.2. The van der Waals surface area contributed by atoms with Gasteiger partial charge in [-0.2, -0.15) is 0 Å². The molecule has 1 aromatic carbocycles. The fourth-order valence-electron chi connectivity index (χ4n) is 4.21. The van der Waals surface area contributed by atoms with Crippen LogP contribution in [0, 0.1) is 5.92 Å². The Hall–Kier alpha value is -1.45. The van der Waals surface area contributed by atoms with Crippen molar-refractivity contribution in [3.8, 4) is 0 Å². The minimum Gasteiger partial charge on any atom is -0.326 e. The van der Waals surface area contributed by atoms with Crippen molar-refractivity contribution in [3.63, 3.8) is 0 Å². The molecule has 0 aliphatic heterocycles. The number of fused-ring (bicyclic) bond motifs is 2. The van der Waals surface area contributed by atoms with Crippen LogP contribution in [0.25, 0.3) is 10.1 Å². The van der Waals surface area contributed by atoms with Gasteiger partial charge in [-0.05, 0) is 41.9 Å². The van der Waals surface area contributed by atoms with E-state index in [9.17, 15) is 4.79 Å². The zero-order valence-corrected chi connectivity index (χ0v) is 12.8. The predicted octanol–water partition coefficient (Wildman–Crippen LogP) is 3.93. The van der Waals surface area contributed by atoms with Crippen LogP contribution < -0.4 is 5.73 Å². The van der Waals surface area contributed by atoms with E-state index in [0.717, 1.165) is 12.8 Å². The second-order valence-electron chi connectivity index (χ2n) is 6.24. The van der Waals surface area contributed by atoms with Gasteiger partial charge < -0.3 is 5.73 Å². The number of thiophene rings is 1. The predicted molar refractivity (Wildman–Crippen MR) is 87.5 cm³/mol. The highest BCUT2D eigenvalue weighted by Crippen LogP contribution is 2.54. The lowest BCUT2D eigenvalue weighted by molar-refractivity contribution is -0.116. The summed E-state index contributed by atoms with van der Waals surface area (Å²) in [7, 11) is 0. The molecular formula is C18H19NOS. The van der Waals surface area contributed by atoms with Crippen molar-refractivity contribution in [2.24, 2.45) is 11.7 Å². The van der Waals surface area contributed by atoms with Crippen LogP contribution in [0.2, 0.25) is 0 Å². The highest BCUT2D eigenvalue weighted by molar-refractivity contribution is 7.19. The van der Waals surface area contributed by atoms with Gasteiger partial charge in [-0.25, -0.2) is 0 Å². The van der Waals surface area contributed by atoms with Crippen LogP contribution in [0.3, 0.4) is 0 Å². The van der Waals surface area contributed by atoms with Crippen molar-refractivity contribution in [1.82, 2.24) is 0 Å². The van der Waals surface area contributed by atoms with Crippen molar-refractivity contribution in [2.45, 2.75) is 37.6 Å². The Bertz CT molecular complexity index is 745. The highest BCUT2D eigenvalue weighted by Gasteiger charge is 2.46. The number of carbonyl (C=O) groups is 1. The Morgan fingerprint density at radius 1 is 1.33 bits per heavy atom. The van der Waals surface area contributed by atoms with E-state index in [1.165, 1.54) is 26.9 Å². The Morgan fingerprint density at radius 3 is 3.05 bits per heavy atom. The zero-order valence-electron chi connectivity index (χ0n) is 12.0. The first-order valence-corrected chi connectivity index (χ1v) is 8.49. The molecule has 2 aromatic rings. The summed E-state index contributed by atoms with van der Waals surface area (Å²) in [6.45, 7) is 0.579. The molecule has 2 atom stereocenters. The monoisotopic (exact) mass is 297 g/mol. The standard InChI is InChI=1S/C18H19NOS/c19-11-15-14-5-1-2-6-16(14)21-17(15)18-8-3-4-12(18)10-13(20)7-9-18/h1-2,5-7,9,12H,3-4,8,10-11,19H2/t12-,18-/m0/s1. The van der Waals surface area contributed by atoms with Crippen LogP contribution in [-0.2, 0) is 16.8 Å². The van der Waals surface area contributed by atoms with Crippen molar-refractivity contribution in [2.75, 3.05) is 0 Å². The number of nitrogens with two attached hydrogens (primary N) is 1. The fourth-order valence-corrected chi connectivity index (χ4v) is 5.72. The average molecular weight is 297 g/mol. The molecule has 3 heteroatoms. The molecular weight excluding hydrogens is 278 g/mol. The fraction of sp³-hybridized carbons (Fsp3) is 0.389. The Labute approximate surface area is 128 Å². The first kappa shape index (κ1) is 13.2. The summed E-state index contributed by atoms with van der Waals surface area (Å²) in [5.74, 6) is 0.751. The van der Waals surface area contributed by atoms with E-state index in [0.29, 0.717) is 18.9 Å². The first-order chi connectivity index (χ1) is 10.2. The number of allylic oxidation sites excluding steroid dienone is 2. The molecule has 0 saturated heterocycles. The topological polar surface area (TPSA) is 43.1 Å². The molecule has 4 rings (SSSR count). The Balaban J connectivity index is 1.96. The van der Waals surface area contributed by atoms with Gasteiger partial charge in [-0.3, -0.25) is 4.79 Å². The molecule has 2 N–H and O–H groups in total.